The number of rotatable bonds is 4. The second-order valence-electron chi connectivity index (χ2n) is 7.22. The minimum absolute atomic E-state index is 0.0420. The van der Waals surface area contributed by atoms with Crippen molar-refractivity contribution < 1.29 is 17.3 Å². The van der Waals surface area contributed by atoms with E-state index in [1.54, 1.807) is 18.2 Å². The number of benzene rings is 1. The van der Waals surface area contributed by atoms with Crippen LogP contribution in [0.3, 0.4) is 0 Å². The van der Waals surface area contributed by atoms with Crippen LogP contribution in [0, 0.1) is 11.2 Å². The number of primary sulfonamides is 1. The van der Waals surface area contributed by atoms with E-state index < -0.39 is 10.0 Å². The Labute approximate surface area is 155 Å². The Bertz CT molecular complexity index is 1110. The highest BCUT2D eigenvalue weighted by atomic mass is 32.2. The highest BCUT2D eigenvalue weighted by Gasteiger charge is 2.62. The van der Waals surface area contributed by atoms with Crippen molar-refractivity contribution in [2.24, 2.45) is 10.6 Å². The van der Waals surface area contributed by atoms with Crippen LogP contribution in [0.4, 0.5) is 4.39 Å². The summed E-state index contributed by atoms with van der Waals surface area (Å²) in [4.78, 5) is 8.38. The molecule has 2 N–H and O–H groups in total. The summed E-state index contributed by atoms with van der Waals surface area (Å²) in [5, 5.41) is 8.88. The molecule has 0 amide bonds. The Kier molecular flexibility index (Phi) is 3.90. The first-order chi connectivity index (χ1) is 12.7. The van der Waals surface area contributed by atoms with Crippen LogP contribution in [-0.2, 0) is 10.0 Å². The number of hydrogen-bond acceptors (Lipinski definition) is 6. The molecular weight excluding hydrogens is 371 g/mol. The van der Waals surface area contributed by atoms with Gasteiger partial charge in [0.15, 0.2) is 5.03 Å². The van der Waals surface area contributed by atoms with E-state index in [0.717, 1.165) is 5.56 Å². The minimum atomic E-state index is -3.83. The Hall–Kier alpha value is -2.65. The molecule has 1 saturated carbocycles. The van der Waals surface area contributed by atoms with Gasteiger partial charge in [-0.05, 0) is 29.2 Å². The molecule has 0 radical (unpaired) electrons. The van der Waals surface area contributed by atoms with Crippen LogP contribution in [0.25, 0.3) is 11.4 Å². The SMILES string of the molecule is CC1(C)[C@H](c2ccc(S(N)(=O)=O)nc2)[C@H]1c1nc(-c2cccc(F)c2)no1. The molecule has 2 aromatic heterocycles. The van der Waals surface area contributed by atoms with E-state index in [9.17, 15) is 12.8 Å². The van der Waals surface area contributed by atoms with Gasteiger partial charge < -0.3 is 4.52 Å². The van der Waals surface area contributed by atoms with Gasteiger partial charge in [0.1, 0.15) is 5.82 Å². The quantitative estimate of drug-likeness (QED) is 0.735. The zero-order valence-corrected chi connectivity index (χ0v) is 15.4. The molecule has 1 fully saturated rings. The lowest BCUT2D eigenvalue weighted by molar-refractivity contribution is 0.368. The molecule has 0 aliphatic heterocycles. The average molecular weight is 388 g/mol. The first-order valence-corrected chi connectivity index (χ1v) is 9.81. The lowest BCUT2D eigenvalue weighted by Crippen LogP contribution is -2.13. The van der Waals surface area contributed by atoms with Crippen molar-refractivity contribution in [3.63, 3.8) is 0 Å². The monoisotopic (exact) mass is 388 g/mol. The van der Waals surface area contributed by atoms with Gasteiger partial charge in [0.05, 0.1) is 5.92 Å². The highest BCUT2D eigenvalue weighted by Crippen LogP contribution is 2.69. The van der Waals surface area contributed by atoms with Crippen LogP contribution in [0.5, 0.6) is 0 Å². The zero-order chi connectivity index (χ0) is 19.4. The minimum Gasteiger partial charge on any atom is -0.339 e. The second-order valence-corrected chi connectivity index (χ2v) is 8.73. The Morgan fingerprint density at radius 2 is 1.96 bits per heavy atom. The normalized spacial score (nSPS) is 21.2. The molecule has 27 heavy (non-hydrogen) atoms. The fourth-order valence-electron chi connectivity index (χ4n) is 3.57. The standard InChI is InChI=1S/C18H17FN4O3S/c1-18(2)14(11-6-7-13(21-9-11)27(20,24)25)15(18)17-22-16(23-26-17)10-4-3-5-12(19)8-10/h3-9,14-15H,1-2H3,(H2,20,24,25)/t14-,15+/m1/s1. The van der Waals surface area contributed by atoms with Crippen LogP contribution < -0.4 is 5.14 Å². The summed E-state index contributed by atoms with van der Waals surface area (Å²) >= 11 is 0. The fraction of sp³-hybridized carbons (Fsp3) is 0.278. The number of sulfonamides is 1. The van der Waals surface area contributed by atoms with E-state index in [0.29, 0.717) is 17.3 Å². The third-order valence-electron chi connectivity index (χ3n) is 5.03. The summed E-state index contributed by atoms with van der Waals surface area (Å²) in [5.74, 6) is 0.410. The van der Waals surface area contributed by atoms with Crippen molar-refractivity contribution in [1.82, 2.24) is 15.1 Å². The summed E-state index contributed by atoms with van der Waals surface area (Å²) in [6.07, 6.45) is 1.51. The van der Waals surface area contributed by atoms with Crippen LogP contribution in [0.2, 0.25) is 0 Å². The molecule has 9 heteroatoms. The van der Waals surface area contributed by atoms with Crippen molar-refractivity contribution >= 4 is 10.0 Å². The van der Waals surface area contributed by atoms with Gasteiger partial charge >= 0.3 is 0 Å². The molecule has 0 saturated heterocycles. The molecule has 4 rings (SSSR count). The van der Waals surface area contributed by atoms with Crippen LogP contribution in [0.1, 0.15) is 37.1 Å². The van der Waals surface area contributed by atoms with Crippen LogP contribution in [-0.4, -0.2) is 23.5 Å². The molecule has 1 aromatic carbocycles. The van der Waals surface area contributed by atoms with E-state index in [2.05, 4.69) is 29.0 Å². The van der Waals surface area contributed by atoms with Crippen LogP contribution in [0.15, 0.2) is 52.1 Å². The third kappa shape index (κ3) is 3.13. The predicted octanol–water partition coefficient (Wildman–Crippen LogP) is 2.83. The van der Waals surface area contributed by atoms with E-state index in [1.165, 1.54) is 24.4 Å². The Balaban J connectivity index is 1.62. The lowest BCUT2D eigenvalue weighted by Gasteiger charge is -2.03. The smallest absolute Gasteiger partial charge is 0.255 e. The molecule has 0 bridgehead atoms. The molecule has 7 nitrogen and oxygen atoms in total. The summed E-state index contributed by atoms with van der Waals surface area (Å²) in [6, 6.07) is 9.08. The molecule has 2 atom stereocenters. The van der Waals surface area contributed by atoms with E-state index in [-0.39, 0.29) is 28.1 Å². The van der Waals surface area contributed by atoms with Gasteiger partial charge in [-0.3, -0.25) is 0 Å². The average Bonchev–Trinajstić information content (AvgIpc) is 2.94. The lowest BCUT2D eigenvalue weighted by atomic mass is 10.1. The Morgan fingerprint density at radius 1 is 1.19 bits per heavy atom. The first-order valence-electron chi connectivity index (χ1n) is 8.26. The number of hydrogen-bond donors (Lipinski definition) is 1. The number of pyridine rings is 1. The van der Waals surface area contributed by atoms with Gasteiger partial charge in [-0.25, -0.2) is 22.9 Å². The maximum atomic E-state index is 13.4. The first kappa shape index (κ1) is 17.7. The fourth-order valence-corrected chi connectivity index (χ4v) is 4.03. The van der Waals surface area contributed by atoms with E-state index >= 15 is 0 Å². The number of halogens is 1. The predicted molar refractivity (Wildman–Crippen MR) is 94.6 cm³/mol. The number of aromatic nitrogens is 3. The topological polar surface area (TPSA) is 112 Å². The van der Waals surface area contributed by atoms with E-state index in [4.69, 9.17) is 9.66 Å². The van der Waals surface area contributed by atoms with Crippen molar-refractivity contribution in [3.8, 4) is 11.4 Å². The van der Waals surface area contributed by atoms with Crippen molar-refractivity contribution in [3.05, 3.63) is 59.9 Å². The molecule has 2 heterocycles. The van der Waals surface area contributed by atoms with Crippen molar-refractivity contribution in [1.29, 1.82) is 0 Å². The molecule has 3 aromatic rings. The maximum Gasteiger partial charge on any atom is 0.255 e. The van der Waals surface area contributed by atoms with Gasteiger partial charge in [-0.1, -0.05) is 37.2 Å². The van der Waals surface area contributed by atoms with Gasteiger partial charge in [0.25, 0.3) is 10.0 Å². The summed E-state index contributed by atoms with van der Waals surface area (Å²) in [7, 11) is -3.83. The van der Waals surface area contributed by atoms with Crippen molar-refractivity contribution in [2.75, 3.05) is 0 Å². The highest BCUT2D eigenvalue weighted by molar-refractivity contribution is 7.89. The van der Waals surface area contributed by atoms with E-state index in [1.807, 2.05) is 0 Å². The number of nitrogens with two attached hydrogens (primary N) is 1. The maximum absolute atomic E-state index is 13.4. The second kappa shape index (κ2) is 5.93. The van der Waals surface area contributed by atoms with Crippen molar-refractivity contribution in [2.45, 2.75) is 30.7 Å². The Morgan fingerprint density at radius 3 is 2.59 bits per heavy atom. The zero-order valence-electron chi connectivity index (χ0n) is 14.6. The third-order valence-corrected chi connectivity index (χ3v) is 5.85. The summed E-state index contributed by atoms with van der Waals surface area (Å²) in [5.41, 5.74) is 1.23. The summed E-state index contributed by atoms with van der Waals surface area (Å²) < 4.78 is 41.6. The van der Waals surface area contributed by atoms with Gasteiger partial charge in [-0.2, -0.15) is 4.98 Å². The molecule has 0 spiro atoms. The molecule has 0 unspecified atom stereocenters. The summed E-state index contributed by atoms with van der Waals surface area (Å²) in [6.45, 7) is 4.12. The number of nitrogens with zero attached hydrogens (tertiary/aromatic N) is 3. The van der Waals surface area contributed by atoms with Gasteiger partial charge in [0.2, 0.25) is 11.7 Å². The van der Waals surface area contributed by atoms with Crippen LogP contribution >= 0.6 is 0 Å². The molecule has 1 aliphatic carbocycles. The molecule has 140 valence electrons. The largest absolute Gasteiger partial charge is 0.339 e. The molecule has 1 aliphatic rings. The molecular formula is C18H17FN4O3S. The van der Waals surface area contributed by atoms with Gasteiger partial charge in [-0.15, -0.1) is 0 Å². The van der Waals surface area contributed by atoms with Gasteiger partial charge in [0, 0.05) is 17.7 Å².